The highest BCUT2D eigenvalue weighted by atomic mass is 79.9. The molecule has 0 atom stereocenters. The molecule has 8 heteroatoms. The fourth-order valence-electron chi connectivity index (χ4n) is 3.45. The van der Waals surface area contributed by atoms with Gasteiger partial charge in [0.1, 0.15) is 5.75 Å². The second-order valence-corrected chi connectivity index (χ2v) is 7.65. The fourth-order valence-corrected chi connectivity index (χ4v) is 3.81. The van der Waals surface area contributed by atoms with Gasteiger partial charge in [-0.25, -0.2) is 4.98 Å². The number of nitrogens with zero attached hydrogens (tertiary/aromatic N) is 3. The summed E-state index contributed by atoms with van der Waals surface area (Å²) in [6.45, 7) is 2.09. The summed E-state index contributed by atoms with van der Waals surface area (Å²) in [4.78, 5) is 25.8. The first-order chi connectivity index (χ1) is 13.5. The Morgan fingerprint density at radius 3 is 2.93 bits per heavy atom. The van der Waals surface area contributed by atoms with E-state index < -0.39 is 0 Å². The van der Waals surface area contributed by atoms with Crippen molar-refractivity contribution in [2.75, 3.05) is 19.4 Å². The van der Waals surface area contributed by atoms with Gasteiger partial charge in [0, 0.05) is 42.3 Å². The lowest BCUT2D eigenvalue weighted by atomic mass is 10.1. The number of methoxy groups -OCH3 is 1. The second kappa shape index (κ2) is 7.73. The number of aromatic nitrogens is 3. The number of rotatable bonds is 4. The van der Waals surface area contributed by atoms with Gasteiger partial charge < -0.3 is 10.5 Å². The molecule has 0 fully saturated rings. The number of H-pyrrole nitrogens is 1. The zero-order valence-corrected chi connectivity index (χ0v) is 17.0. The maximum Gasteiger partial charge on any atom is 0.257 e. The largest absolute Gasteiger partial charge is 0.496 e. The lowest BCUT2D eigenvalue weighted by Gasteiger charge is -2.27. The standard InChI is InChI=1S/C20H20BrN5O2/c1-28-18-5-3-13(21)8-14(18)16-4-2-12(9-23-16)10-26-7-6-17-15(11-26)19(27)25-20(22)24-17/h2-5,8-9H,6-7,10-11H2,1H3,(H3,22,24,25,27). The lowest BCUT2D eigenvalue weighted by Crippen LogP contribution is -2.35. The van der Waals surface area contributed by atoms with E-state index in [-0.39, 0.29) is 11.5 Å². The molecular weight excluding hydrogens is 422 g/mol. The zero-order chi connectivity index (χ0) is 19.7. The highest BCUT2D eigenvalue weighted by molar-refractivity contribution is 9.10. The number of nitrogen functional groups attached to an aromatic ring is 1. The Bertz CT molecular complexity index is 1070. The molecule has 1 aromatic carbocycles. The molecule has 0 bridgehead atoms. The molecule has 0 spiro atoms. The van der Waals surface area contributed by atoms with E-state index >= 15 is 0 Å². The van der Waals surface area contributed by atoms with E-state index in [4.69, 9.17) is 10.5 Å². The summed E-state index contributed by atoms with van der Waals surface area (Å²) in [5, 5.41) is 0. The highest BCUT2D eigenvalue weighted by Crippen LogP contribution is 2.31. The summed E-state index contributed by atoms with van der Waals surface area (Å²) in [5.41, 5.74) is 9.85. The number of nitrogens with two attached hydrogens (primary N) is 1. The smallest absolute Gasteiger partial charge is 0.257 e. The second-order valence-electron chi connectivity index (χ2n) is 6.73. The number of ether oxygens (including phenoxy) is 1. The van der Waals surface area contributed by atoms with Gasteiger partial charge in [0.2, 0.25) is 5.95 Å². The quantitative estimate of drug-likeness (QED) is 0.645. The van der Waals surface area contributed by atoms with Gasteiger partial charge in [-0.2, -0.15) is 0 Å². The van der Waals surface area contributed by atoms with E-state index in [0.717, 1.165) is 39.3 Å². The van der Waals surface area contributed by atoms with Crippen LogP contribution in [0, 0.1) is 0 Å². The fraction of sp³-hybridized carbons (Fsp3) is 0.250. The molecule has 0 radical (unpaired) electrons. The normalized spacial score (nSPS) is 13.9. The van der Waals surface area contributed by atoms with Crippen LogP contribution in [0.15, 0.2) is 45.8 Å². The minimum atomic E-state index is -0.151. The first kappa shape index (κ1) is 18.6. The van der Waals surface area contributed by atoms with Gasteiger partial charge in [-0.1, -0.05) is 22.0 Å². The van der Waals surface area contributed by atoms with Crippen LogP contribution in [0.2, 0.25) is 0 Å². The predicted molar refractivity (Wildman–Crippen MR) is 111 cm³/mol. The van der Waals surface area contributed by atoms with Crippen LogP contribution in [-0.2, 0) is 19.5 Å². The van der Waals surface area contributed by atoms with E-state index in [2.05, 4.69) is 41.8 Å². The summed E-state index contributed by atoms with van der Waals surface area (Å²) in [6, 6.07) is 9.90. The number of aromatic amines is 1. The zero-order valence-electron chi connectivity index (χ0n) is 15.4. The number of halogens is 1. The minimum Gasteiger partial charge on any atom is -0.496 e. The number of hydrogen-bond donors (Lipinski definition) is 2. The van der Waals surface area contributed by atoms with Crippen LogP contribution >= 0.6 is 15.9 Å². The maximum absolute atomic E-state index is 12.1. The van der Waals surface area contributed by atoms with Crippen LogP contribution < -0.4 is 16.0 Å². The van der Waals surface area contributed by atoms with Gasteiger partial charge in [-0.05, 0) is 29.8 Å². The third kappa shape index (κ3) is 3.79. The van der Waals surface area contributed by atoms with Gasteiger partial charge >= 0.3 is 0 Å². The van der Waals surface area contributed by atoms with Gasteiger partial charge in [-0.15, -0.1) is 0 Å². The van der Waals surface area contributed by atoms with Crippen LogP contribution in [0.4, 0.5) is 5.95 Å². The molecule has 0 amide bonds. The summed E-state index contributed by atoms with van der Waals surface area (Å²) in [6.07, 6.45) is 2.58. The molecule has 144 valence electrons. The topological polar surface area (TPSA) is 97.1 Å². The van der Waals surface area contributed by atoms with Gasteiger partial charge in [-0.3, -0.25) is 19.7 Å². The van der Waals surface area contributed by atoms with Crippen molar-refractivity contribution in [2.45, 2.75) is 19.5 Å². The SMILES string of the molecule is COc1ccc(Br)cc1-c1ccc(CN2CCc3nc(N)[nH]c(=O)c3C2)cn1. The molecular formula is C20H20BrN5O2. The molecule has 0 unspecified atom stereocenters. The number of hydrogen-bond acceptors (Lipinski definition) is 6. The van der Waals surface area contributed by atoms with Gasteiger partial charge in [0.05, 0.1) is 24.1 Å². The molecule has 0 aliphatic carbocycles. The number of nitrogens with one attached hydrogen (secondary N) is 1. The Hall–Kier alpha value is -2.71. The van der Waals surface area contributed by atoms with Gasteiger partial charge in [0.15, 0.2) is 0 Å². The first-order valence-corrected chi connectivity index (χ1v) is 9.71. The third-order valence-corrected chi connectivity index (χ3v) is 5.33. The molecule has 0 saturated carbocycles. The summed E-state index contributed by atoms with van der Waals surface area (Å²) in [5.74, 6) is 0.960. The first-order valence-electron chi connectivity index (χ1n) is 8.92. The van der Waals surface area contributed by atoms with E-state index in [1.54, 1.807) is 7.11 Å². The Balaban J connectivity index is 1.51. The van der Waals surface area contributed by atoms with E-state index in [0.29, 0.717) is 25.1 Å². The van der Waals surface area contributed by atoms with Crippen LogP contribution in [0.3, 0.4) is 0 Å². The van der Waals surface area contributed by atoms with E-state index in [1.165, 1.54) is 0 Å². The van der Waals surface area contributed by atoms with Crippen LogP contribution in [0.1, 0.15) is 16.8 Å². The van der Waals surface area contributed by atoms with Crippen LogP contribution in [0.5, 0.6) is 5.75 Å². The number of pyridine rings is 1. The Morgan fingerprint density at radius 1 is 1.32 bits per heavy atom. The van der Waals surface area contributed by atoms with Crippen molar-refractivity contribution >= 4 is 21.9 Å². The molecule has 2 aromatic heterocycles. The molecule has 0 saturated heterocycles. The van der Waals surface area contributed by atoms with Crippen molar-refractivity contribution in [3.63, 3.8) is 0 Å². The van der Waals surface area contributed by atoms with Crippen LogP contribution in [-0.4, -0.2) is 33.5 Å². The van der Waals surface area contributed by atoms with Crippen molar-refractivity contribution in [3.05, 3.63) is 68.2 Å². The lowest BCUT2D eigenvalue weighted by molar-refractivity contribution is 0.241. The summed E-state index contributed by atoms with van der Waals surface area (Å²) >= 11 is 3.50. The highest BCUT2D eigenvalue weighted by Gasteiger charge is 2.21. The van der Waals surface area contributed by atoms with E-state index in [9.17, 15) is 4.79 Å². The van der Waals surface area contributed by atoms with E-state index in [1.807, 2.05) is 30.5 Å². The minimum absolute atomic E-state index is 0.151. The molecule has 4 rings (SSSR count). The van der Waals surface area contributed by atoms with Crippen molar-refractivity contribution in [2.24, 2.45) is 0 Å². The Kier molecular flexibility index (Phi) is 5.15. The van der Waals surface area contributed by atoms with Crippen molar-refractivity contribution in [3.8, 4) is 17.0 Å². The average Bonchev–Trinajstić information content (AvgIpc) is 2.69. The van der Waals surface area contributed by atoms with Crippen LogP contribution in [0.25, 0.3) is 11.3 Å². The number of anilines is 1. The van der Waals surface area contributed by atoms with Crippen molar-refractivity contribution < 1.29 is 4.74 Å². The molecule has 1 aliphatic heterocycles. The monoisotopic (exact) mass is 441 g/mol. The molecule has 28 heavy (non-hydrogen) atoms. The Morgan fingerprint density at radius 2 is 2.18 bits per heavy atom. The molecule has 7 nitrogen and oxygen atoms in total. The van der Waals surface area contributed by atoms with Gasteiger partial charge in [0.25, 0.3) is 5.56 Å². The summed E-state index contributed by atoms with van der Waals surface area (Å²) in [7, 11) is 1.65. The third-order valence-electron chi connectivity index (χ3n) is 4.83. The van der Waals surface area contributed by atoms with Crippen molar-refractivity contribution in [1.29, 1.82) is 0 Å². The predicted octanol–water partition coefficient (Wildman–Crippen LogP) is 2.74. The molecule has 3 N–H and O–H groups in total. The molecule has 1 aliphatic rings. The number of benzene rings is 1. The Labute approximate surface area is 170 Å². The molecule has 3 aromatic rings. The molecule has 3 heterocycles. The maximum atomic E-state index is 12.1. The average molecular weight is 442 g/mol. The summed E-state index contributed by atoms with van der Waals surface area (Å²) < 4.78 is 6.42. The number of fused-ring (bicyclic) bond motifs is 1. The van der Waals surface area contributed by atoms with Crippen molar-refractivity contribution in [1.82, 2.24) is 19.9 Å².